The molecule has 2 rings (SSSR count). The van der Waals surface area contributed by atoms with Gasteiger partial charge >= 0.3 is 0 Å². The predicted octanol–water partition coefficient (Wildman–Crippen LogP) is 3.17. The zero-order chi connectivity index (χ0) is 12.6. The van der Waals surface area contributed by atoms with Crippen molar-refractivity contribution in [2.75, 3.05) is 23.7 Å². The van der Waals surface area contributed by atoms with Crippen LogP contribution in [0.3, 0.4) is 0 Å². The van der Waals surface area contributed by atoms with E-state index in [1.54, 1.807) is 0 Å². The fraction of sp³-hybridized carbons (Fsp3) is 0.538. The van der Waals surface area contributed by atoms with E-state index in [1.807, 2.05) is 4.90 Å². The summed E-state index contributed by atoms with van der Waals surface area (Å²) in [6.07, 6.45) is 2.14. The second-order valence-corrected chi connectivity index (χ2v) is 4.89. The van der Waals surface area contributed by atoms with Crippen LogP contribution in [-0.2, 0) is 0 Å². The molecule has 0 atom stereocenters. The molecule has 94 valence electrons. The number of benzene rings is 1. The SMILES string of the molecule is CCC1(CC)CN(c2c(N)cc(F)cc2F)C1. The van der Waals surface area contributed by atoms with Crippen LogP contribution in [0.2, 0.25) is 0 Å². The van der Waals surface area contributed by atoms with Crippen LogP contribution in [0, 0.1) is 17.0 Å². The Balaban J connectivity index is 2.22. The van der Waals surface area contributed by atoms with Crippen molar-refractivity contribution in [1.29, 1.82) is 0 Å². The molecule has 1 aromatic rings. The molecule has 1 heterocycles. The number of anilines is 2. The summed E-state index contributed by atoms with van der Waals surface area (Å²) in [5.74, 6) is -1.19. The number of hydrogen-bond acceptors (Lipinski definition) is 2. The molecule has 1 aliphatic rings. The molecule has 0 amide bonds. The number of rotatable bonds is 3. The van der Waals surface area contributed by atoms with Crippen LogP contribution in [0.4, 0.5) is 20.2 Å². The molecule has 0 aliphatic carbocycles. The van der Waals surface area contributed by atoms with E-state index >= 15 is 0 Å². The summed E-state index contributed by atoms with van der Waals surface area (Å²) in [6.45, 7) is 5.88. The van der Waals surface area contributed by atoms with E-state index in [4.69, 9.17) is 5.73 Å². The van der Waals surface area contributed by atoms with Crippen LogP contribution >= 0.6 is 0 Å². The maximum absolute atomic E-state index is 13.7. The second-order valence-electron chi connectivity index (χ2n) is 4.89. The molecule has 0 spiro atoms. The number of nitrogen functional groups attached to an aromatic ring is 1. The third-order valence-electron chi connectivity index (χ3n) is 3.93. The lowest BCUT2D eigenvalue weighted by Gasteiger charge is -2.51. The highest BCUT2D eigenvalue weighted by atomic mass is 19.1. The van der Waals surface area contributed by atoms with Crippen LogP contribution in [0.25, 0.3) is 0 Å². The van der Waals surface area contributed by atoms with Crippen molar-refractivity contribution in [1.82, 2.24) is 0 Å². The van der Waals surface area contributed by atoms with Gasteiger partial charge in [0.25, 0.3) is 0 Å². The van der Waals surface area contributed by atoms with Gasteiger partial charge in [0.15, 0.2) is 5.82 Å². The summed E-state index contributed by atoms with van der Waals surface area (Å²) >= 11 is 0. The molecular formula is C13H18F2N2. The number of nitrogens with two attached hydrogens (primary N) is 1. The van der Waals surface area contributed by atoms with E-state index in [0.717, 1.165) is 32.0 Å². The van der Waals surface area contributed by atoms with E-state index in [2.05, 4.69) is 13.8 Å². The van der Waals surface area contributed by atoms with E-state index in [-0.39, 0.29) is 11.1 Å². The van der Waals surface area contributed by atoms with Gasteiger partial charge in [-0.25, -0.2) is 8.78 Å². The van der Waals surface area contributed by atoms with Gasteiger partial charge in [-0.15, -0.1) is 0 Å². The second kappa shape index (κ2) is 4.17. The summed E-state index contributed by atoms with van der Waals surface area (Å²) in [6, 6.07) is 2.07. The lowest BCUT2D eigenvalue weighted by Crippen LogP contribution is -2.56. The lowest BCUT2D eigenvalue weighted by atomic mass is 9.75. The summed E-state index contributed by atoms with van der Waals surface area (Å²) in [5.41, 5.74) is 6.49. The average molecular weight is 240 g/mol. The summed E-state index contributed by atoms with van der Waals surface area (Å²) in [4.78, 5) is 1.90. The molecular weight excluding hydrogens is 222 g/mol. The molecule has 4 heteroatoms. The van der Waals surface area contributed by atoms with Crippen molar-refractivity contribution in [3.8, 4) is 0 Å². The predicted molar refractivity (Wildman–Crippen MR) is 66.0 cm³/mol. The third kappa shape index (κ3) is 1.96. The lowest BCUT2D eigenvalue weighted by molar-refractivity contribution is 0.193. The molecule has 0 radical (unpaired) electrons. The number of halogens is 2. The van der Waals surface area contributed by atoms with Gasteiger partial charge in [0.05, 0.1) is 11.4 Å². The van der Waals surface area contributed by atoms with Gasteiger partial charge in [0.1, 0.15) is 5.82 Å². The van der Waals surface area contributed by atoms with E-state index in [1.165, 1.54) is 6.07 Å². The Morgan fingerprint density at radius 1 is 1.24 bits per heavy atom. The first kappa shape index (κ1) is 12.1. The van der Waals surface area contributed by atoms with Crippen molar-refractivity contribution in [3.05, 3.63) is 23.8 Å². The van der Waals surface area contributed by atoms with E-state index in [9.17, 15) is 8.78 Å². The van der Waals surface area contributed by atoms with Crippen molar-refractivity contribution in [2.24, 2.45) is 5.41 Å². The number of hydrogen-bond donors (Lipinski definition) is 1. The molecule has 1 saturated heterocycles. The Morgan fingerprint density at radius 2 is 1.82 bits per heavy atom. The van der Waals surface area contributed by atoms with Gasteiger partial charge in [-0.05, 0) is 18.9 Å². The van der Waals surface area contributed by atoms with Crippen LogP contribution < -0.4 is 10.6 Å². The molecule has 1 aromatic carbocycles. The molecule has 17 heavy (non-hydrogen) atoms. The maximum atomic E-state index is 13.7. The topological polar surface area (TPSA) is 29.3 Å². The minimum atomic E-state index is -0.624. The first-order valence-corrected chi connectivity index (χ1v) is 6.01. The third-order valence-corrected chi connectivity index (χ3v) is 3.93. The molecule has 2 nitrogen and oxygen atoms in total. The molecule has 0 unspecified atom stereocenters. The zero-order valence-electron chi connectivity index (χ0n) is 10.3. The molecule has 1 aliphatic heterocycles. The Bertz CT molecular complexity index is 396. The monoisotopic (exact) mass is 240 g/mol. The largest absolute Gasteiger partial charge is 0.397 e. The Labute approximate surface area is 100 Å². The van der Waals surface area contributed by atoms with E-state index in [0.29, 0.717) is 5.69 Å². The Morgan fingerprint density at radius 3 is 2.29 bits per heavy atom. The fourth-order valence-corrected chi connectivity index (χ4v) is 2.54. The maximum Gasteiger partial charge on any atom is 0.151 e. The fourth-order valence-electron chi connectivity index (χ4n) is 2.54. The minimum Gasteiger partial charge on any atom is -0.397 e. The van der Waals surface area contributed by atoms with Gasteiger partial charge in [0, 0.05) is 24.6 Å². The quantitative estimate of drug-likeness (QED) is 0.822. The standard InChI is InChI=1S/C13H18F2N2/c1-3-13(4-2)7-17(8-13)12-10(15)5-9(14)6-11(12)16/h5-6H,3-4,7-8,16H2,1-2H3. The summed E-state index contributed by atoms with van der Waals surface area (Å²) in [5, 5.41) is 0. The van der Waals surface area contributed by atoms with Crippen LogP contribution in [0.15, 0.2) is 12.1 Å². The van der Waals surface area contributed by atoms with Gasteiger partial charge in [-0.3, -0.25) is 0 Å². The van der Waals surface area contributed by atoms with Gasteiger partial charge in [0.2, 0.25) is 0 Å². The summed E-state index contributed by atoms with van der Waals surface area (Å²) < 4.78 is 26.6. The Hall–Kier alpha value is -1.32. The molecule has 0 aromatic heterocycles. The zero-order valence-corrected chi connectivity index (χ0v) is 10.3. The molecule has 0 bridgehead atoms. The highest BCUT2D eigenvalue weighted by Crippen LogP contribution is 2.42. The van der Waals surface area contributed by atoms with Crippen LogP contribution in [0.5, 0.6) is 0 Å². The first-order chi connectivity index (χ1) is 8.01. The smallest absolute Gasteiger partial charge is 0.151 e. The van der Waals surface area contributed by atoms with Crippen molar-refractivity contribution in [3.63, 3.8) is 0 Å². The summed E-state index contributed by atoms with van der Waals surface area (Å²) in [7, 11) is 0. The van der Waals surface area contributed by atoms with Crippen molar-refractivity contribution < 1.29 is 8.78 Å². The minimum absolute atomic E-state index is 0.184. The molecule has 2 N–H and O–H groups in total. The molecule has 1 fully saturated rings. The number of nitrogens with zero attached hydrogens (tertiary/aromatic N) is 1. The van der Waals surface area contributed by atoms with Crippen molar-refractivity contribution >= 4 is 11.4 Å². The van der Waals surface area contributed by atoms with Gasteiger partial charge < -0.3 is 10.6 Å². The highest BCUT2D eigenvalue weighted by Gasteiger charge is 2.41. The first-order valence-electron chi connectivity index (χ1n) is 6.01. The Kier molecular flexibility index (Phi) is 2.98. The normalized spacial score (nSPS) is 18.0. The highest BCUT2D eigenvalue weighted by molar-refractivity contribution is 5.69. The molecule has 0 saturated carbocycles. The van der Waals surface area contributed by atoms with Gasteiger partial charge in [-0.1, -0.05) is 13.8 Å². The van der Waals surface area contributed by atoms with Crippen molar-refractivity contribution in [2.45, 2.75) is 26.7 Å². The average Bonchev–Trinajstić information content (AvgIpc) is 2.20. The van der Waals surface area contributed by atoms with Crippen LogP contribution in [0.1, 0.15) is 26.7 Å². The van der Waals surface area contributed by atoms with Gasteiger partial charge in [-0.2, -0.15) is 0 Å². The van der Waals surface area contributed by atoms with Crippen LogP contribution in [-0.4, -0.2) is 13.1 Å². The van der Waals surface area contributed by atoms with E-state index < -0.39 is 11.6 Å².